The molecule has 4 nitrogen and oxygen atoms in total. The molecule has 1 saturated heterocycles. The number of hydrogen-bond acceptors (Lipinski definition) is 4. The van der Waals surface area contributed by atoms with Gasteiger partial charge in [-0.25, -0.2) is 0 Å². The first-order valence-corrected chi connectivity index (χ1v) is 3.75. The van der Waals surface area contributed by atoms with Crippen molar-refractivity contribution in [3.63, 3.8) is 0 Å². The van der Waals surface area contributed by atoms with Crippen LogP contribution in [-0.2, 0) is 9.47 Å². The summed E-state index contributed by atoms with van der Waals surface area (Å²) in [6.45, 7) is 1.92. The van der Waals surface area contributed by atoms with Gasteiger partial charge in [0, 0.05) is 7.11 Å². The van der Waals surface area contributed by atoms with Gasteiger partial charge >= 0.3 is 0 Å². The van der Waals surface area contributed by atoms with Crippen LogP contribution >= 0.6 is 0 Å². The van der Waals surface area contributed by atoms with Gasteiger partial charge in [-0.15, -0.1) is 0 Å². The zero-order valence-electron chi connectivity index (χ0n) is 6.73. The summed E-state index contributed by atoms with van der Waals surface area (Å²) in [6, 6.07) is 0. The maximum absolute atomic E-state index is 9.26. The highest BCUT2D eigenvalue weighted by molar-refractivity contribution is 4.85. The van der Waals surface area contributed by atoms with Gasteiger partial charge in [0.1, 0.15) is 12.2 Å². The molecule has 0 spiro atoms. The monoisotopic (exact) mass is 162 g/mol. The van der Waals surface area contributed by atoms with Crippen molar-refractivity contribution >= 4 is 0 Å². The molecule has 0 amide bonds. The van der Waals surface area contributed by atoms with Gasteiger partial charge in [0.05, 0.1) is 6.10 Å². The third-order valence-corrected chi connectivity index (χ3v) is 1.98. The number of aliphatic hydroxyl groups excluding tert-OH is 2. The fraction of sp³-hybridized carbons (Fsp3) is 1.00. The van der Waals surface area contributed by atoms with E-state index in [-0.39, 0.29) is 6.10 Å². The van der Waals surface area contributed by atoms with Crippen LogP contribution in [0.2, 0.25) is 0 Å². The number of aliphatic hydroxyl groups is 2. The van der Waals surface area contributed by atoms with Gasteiger partial charge in [-0.05, 0) is 6.42 Å². The molecule has 0 bridgehead atoms. The molecule has 4 atom stereocenters. The first-order chi connectivity index (χ1) is 5.20. The lowest BCUT2D eigenvalue weighted by Crippen LogP contribution is -2.33. The molecule has 0 radical (unpaired) electrons. The summed E-state index contributed by atoms with van der Waals surface area (Å²) in [5, 5.41) is 18.3. The molecule has 1 aliphatic rings. The van der Waals surface area contributed by atoms with E-state index in [0.29, 0.717) is 0 Å². The Kier molecular flexibility index (Phi) is 2.84. The maximum atomic E-state index is 9.26. The molecule has 2 N–H and O–H groups in total. The van der Waals surface area contributed by atoms with Crippen LogP contribution in [0.3, 0.4) is 0 Å². The van der Waals surface area contributed by atoms with E-state index < -0.39 is 18.5 Å². The lowest BCUT2D eigenvalue weighted by Gasteiger charge is -2.15. The maximum Gasteiger partial charge on any atom is 0.183 e. The average molecular weight is 162 g/mol. The van der Waals surface area contributed by atoms with Crippen LogP contribution in [0.1, 0.15) is 13.3 Å². The molecule has 1 rings (SSSR count). The Labute approximate surface area is 65.7 Å². The van der Waals surface area contributed by atoms with Crippen LogP contribution in [0.4, 0.5) is 0 Å². The minimum absolute atomic E-state index is 0.190. The van der Waals surface area contributed by atoms with Crippen molar-refractivity contribution in [2.24, 2.45) is 0 Å². The highest BCUT2D eigenvalue weighted by Gasteiger charge is 2.41. The van der Waals surface area contributed by atoms with Crippen molar-refractivity contribution in [2.75, 3.05) is 7.11 Å². The van der Waals surface area contributed by atoms with Crippen LogP contribution < -0.4 is 0 Å². The molecule has 1 fully saturated rings. The van der Waals surface area contributed by atoms with Crippen molar-refractivity contribution < 1.29 is 19.7 Å². The number of hydrogen-bond donors (Lipinski definition) is 2. The molecule has 0 aromatic heterocycles. The third kappa shape index (κ3) is 1.54. The molecule has 0 aromatic rings. The van der Waals surface area contributed by atoms with Gasteiger partial charge in [-0.1, -0.05) is 6.92 Å². The van der Waals surface area contributed by atoms with Gasteiger partial charge in [0.2, 0.25) is 0 Å². The van der Waals surface area contributed by atoms with E-state index >= 15 is 0 Å². The van der Waals surface area contributed by atoms with Gasteiger partial charge in [-0.2, -0.15) is 0 Å². The molecule has 1 aliphatic heterocycles. The van der Waals surface area contributed by atoms with Crippen LogP contribution in [0, 0.1) is 0 Å². The third-order valence-electron chi connectivity index (χ3n) is 1.98. The molecule has 1 heterocycles. The van der Waals surface area contributed by atoms with E-state index in [1.165, 1.54) is 7.11 Å². The molecule has 0 saturated carbocycles. The first kappa shape index (κ1) is 8.93. The summed E-state index contributed by atoms with van der Waals surface area (Å²) in [7, 11) is 1.50. The van der Waals surface area contributed by atoms with Crippen molar-refractivity contribution in [1.29, 1.82) is 0 Å². The van der Waals surface area contributed by atoms with Crippen LogP contribution in [0.15, 0.2) is 0 Å². The smallest absolute Gasteiger partial charge is 0.183 e. The van der Waals surface area contributed by atoms with Crippen LogP contribution in [0.25, 0.3) is 0 Å². The summed E-state index contributed by atoms with van der Waals surface area (Å²) in [5.41, 5.74) is 0. The van der Waals surface area contributed by atoms with E-state index in [9.17, 15) is 5.11 Å². The minimum atomic E-state index is -1.09. The van der Waals surface area contributed by atoms with E-state index in [0.717, 1.165) is 6.42 Å². The normalized spacial score (nSPS) is 44.7. The summed E-state index contributed by atoms with van der Waals surface area (Å²) in [4.78, 5) is 0. The van der Waals surface area contributed by atoms with Gasteiger partial charge in [0.25, 0.3) is 0 Å². The lowest BCUT2D eigenvalue weighted by molar-refractivity contribution is -0.127. The van der Waals surface area contributed by atoms with E-state index in [4.69, 9.17) is 14.6 Å². The second-order valence-corrected chi connectivity index (χ2v) is 2.66. The quantitative estimate of drug-likeness (QED) is 0.574. The molecule has 11 heavy (non-hydrogen) atoms. The Morgan fingerprint density at radius 1 is 1.45 bits per heavy atom. The zero-order valence-corrected chi connectivity index (χ0v) is 6.73. The largest absolute Gasteiger partial charge is 0.385 e. The predicted molar refractivity (Wildman–Crippen MR) is 38.0 cm³/mol. The number of ether oxygens (including phenoxy) is 2. The molecule has 0 unspecified atom stereocenters. The highest BCUT2D eigenvalue weighted by atomic mass is 16.7. The van der Waals surface area contributed by atoms with E-state index in [1.807, 2.05) is 6.92 Å². The fourth-order valence-electron chi connectivity index (χ4n) is 1.34. The molecule has 0 aromatic carbocycles. The summed E-state index contributed by atoms with van der Waals surface area (Å²) >= 11 is 0. The Hall–Kier alpha value is -0.160. The zero-order chi connectivity index (χ0) is 8.43. The Morgan fingerprint density at radius 3 is 2.45 bits per heavy atom. The number of methoxy groups -OCH3 is 1. The Bertz CT molecular complexity index is 128. The average Bonchev–Trinajstić information content (AvgIpc) is 2.28. The topological polar surface area (TPSA) is 58.9 Å². The molecule has 0 aliphatic carbocycles. The molecule has 66 valence electrons. The highest BCUT2D eigenvalue weighted by Crippen LogP contribution is 2.23. The van der Waals surface area contributed by atoms with Crippen molar-refractivity contribution in [3.8, 4) is 0 Å². The summed E-state index contributed by atoms with van der Waals surface area (Å²) in [6.07, 6.45) is -1.86. The molecule has 4 heteroatoms. The van der Waals surface area contributed by atoms with Crippen LogP contribution in [-0.4, -0.2) is 41.9 Å². The Balaban J connectivity index is 2.57. The first-order valence-electron chi connectivity index (χ1n) is 3.75. The van der Waals surface area contributed by atoms with E-state index in [1.54, 1.807) is 0 Å². The molecular weight excluding hydrogens is 148 g/mol. The van der Waals surface area contributed by atoms with E-state index in [2.05, 4.69) is 0 Å². The summed E-state index contributed by atoms with van der Waals surface area (Å²) < 4.78 is 9.97. The van der Waals surface area contributed by atoms with Gasteiger partial charge in [0.15, 0.2) is 6.29 Å². The standard InChI is InChI=1S/C7H14O4/c1-3-4-6(10-2)5(8)7(9)11-4/h4-9H,3H2,1-2H3/t4-,5-,6-,7+/m1/s1. The second kappa shape index (κ2) is 3.49. The Morgan fingerprint density at radius 2 is 2.09 bits per heavy atom. The fourth-order valence-corrected chi connectivity index (χ4v) is 1.34. The lowest BCUT2D eigenvalue weighted by atomic mass is 10.1. The number of rotatable bonds is 2. The SMILES string of the molecule is CC[C@H]1O[C@H](O)[C@H](O)[C@@H]1OC. The van der Waals surface area contributed by atoms with Gasteiger partial charge < -0.3 is 19.7 Å². The molecular formula is C7H14O4. The predicted octanol–water partition coefficient (Wildman–Crippen LogP) is -0.511. The van der Waals surface area contributed by atoms with Crippen LogP contribution in [0.5, 0.6) is 0 Å². The van der Waals surface area contributed by atoms with Crippen molar-refractivity contribution in [2.45, 2.75) is 37.9 Å². The van der Waals surface area contributed by atoms with Gasteiger partial charge in [-0.3, -0.25) is 0 Å². The van der Waals surface area contributed by atoms with Crippen molar-refractivity contribution in [3.05, 3.63) is 0 Å². The summed E-state index contributed by atoms with van der Waals surface area (Å²) in [5.74, 6) is 0. The minimum Gasteiger partial charge on any atom is -0.385 e. The van der Waals surface area contributed by atoms with Crippen molar-refractivity contribution in [1.82, 2.24) is 0 Å². The second-order valence-electron chi connectivity index (χ2n) is 2.66.